The minimum atomic E-state index is 1.20. The van der Waals surface area contributed by atoms with Crippen LogP contribution < -0.4 is 0 Å². The van der Waals surface area contributed by atoms with Gasteiger partial charge in [0.05, 0.1) is 0 Å². The minimum Gasteiger partial charge on any atom is -0.299 e. The van der Waals surface area contributed by atoms with Gasteiger partial charge in [-0.1, -0.05) is 50.7 Å². The van der Waals surface area contributed by atoms with E-state index in [-0.39, 0.29) is 0 Å². The van der Waals surface area contributed by atoms with Gasteiger partial charge in [-0.05, 0) is 26.3 Å². The third-order valence-corrected chi connectivity index (χ3v) is 3.35. The first kappa shape index (κ1) is 12.8. The molecule has 15 heavy (non-hydrogen) atoms. The van der Waals surface area contributed by atoms with Crippen molar-refractivity contribution in [2.45, 2.75) is 58.8 Å². The molecule has 0 aromatic heterocycles. The Kier molecular flexibility index (Phi) is 6.74. The highest BCUT2D eigenvalue weighted by molar-refractivity contribution is 5.03. The van der Waals surface area contributed by atoms with Crippen LogP contribution in [-0.2, 0) is 0 Å². The Balaban J connectivity index is 1.92. The third-order valence-electron chi connectivity index (χ3n) is 3.35. The number of unbranched alkanes of at least 4 members (excludes halogenated alkanes) is 5. The molecule has 0 atom stereocenters. The highest BCUT2D eigenvalue weighted by Crippen LogP contribution is 2.11. The van der Waals surface area contributed by atoms with Crippen LogP contribution in [0.1, 0.15) is 58.8 Å². The highest BCUT2D eigenvalue weighted by Gasteiger charge is 2.07. The molecule has 1 heteroatoms. The van der Waals surface area contributed by atoms with E-state index in [1.54, 1.807) is 5.57 Å². The van der Waals surface area contributed by atoms with Crippen molar-refractivity contribution in [3.05, 3.63) is 11.6 Å². The average molecular weight is 209 g/mol. The van der Waals surface area contributed by atoms with Crippen molar-refractivity contribution >= 4 is 0 Å². The molecule has 1 heterocycles. The van der Waals surface area contributed by atoms with Crippen molar-refractivity contribution in [1.29, 1.82) is 0 Å². The zero-order valence-electron chi connectivity index (χ0n) is 10.6. The highest BCUT2D eigenvalue weighted by atomic mass is 15.1. The molecule has 0 radical (unpaired) electrons. The Morgan fingerprint density at radius 1 is 1.13 bits per heavy atom. The lowest BCUT2D eigenvalue weighted by atomic mass is 10.1. The van der Waals surface area contributed by atoms with Gasteiger partial charge >= 0.3 is 0 Å². The van der Waals surface area contributed by atoms with Crippen molar-refractivity contribution in [3.63, 3.8) is 0 Å². The first-order valence-corrected chi connectivity index (χ1v) is 6.71. The van der Waals surface area contributed by atoms with Crippen LogP contribution in [0.2, 0.25) is 0 Å². The third kappa shape index (κ3) is 5.99. The summed E-state index contributed by atoms with van der Waals surface area (Å²) in [5.41, 5.74) is 1.58. The van der Waals surface area contributed by atoms with E-state index in [1.807, 2.05) is 0 Å². The predicted molar refractivity (Wildman–Crippen MR) is 68.2 cm³/mol. The van der Waals surface area contributed by atoms with E-state index >= 15 is 0 Å². The quantitative estimate of drug-likeness (QED) is 0.452. The van der Waals surface area contributed by atoms with Gasteiger partial charge in [0.25, 0.3) is 0 Å². The molecular weight excluding hydrogens is 182 g/mol. The number of nitrogens with zero attached hydrogens (tertiary/aromatic N) is 1. The SMILES string of the molecule is CCCCCCCCN1CC=C(C)CC1. The minimum absolute atomic E-state index is 1.20. The molecule has 0 spiro atoms. The Bertz CT molecular complexity index is 184. The van der Waals surface area contributed by atoms with Crippen LogP contribution in [0.15, 0.2) is 11.6 Å². The van der Waals surface area contributed by atoms with Crippen LogP contribution in [0.5, 0.6) is 0 Å². The Morgan fingerprint density at radius 2 is 1.87 bits per heavy atom. The summed E-state index contributed by atoms with van der Waals surface area (Å²) in [5.74, 6) is 0. The summed E-state index contributed by atoms with van der Waals surface area (Å²) in [6.45, 7) is 8.33. The molecule has 0 saturated heterocycles. The second kappa shape index (κ2) is 7.92. The summed E-state index contributed by atoms with van der Waals surface area (Å²) in [6, 6.07) is 0. The molecule has 0 aromatic rings. The maximum absolute atomic E-state index is 2.59. The topological polar surface area (TPSA) is 3.24 Å². The van der Waals surface area contributed by atoms with Crippen molar-refractivity contribution in [1.82, 2.24) is 4.90 Å². The number of hydrogen-bond acceptors (Lipinski definition) is 1. The van der Waals surface area contributed by atoms with Gasteiger partial charge in [-0.3, -0.25) is 4.90 Å². The lowest BCUT2D eigenvalue weighted by molar-refractivity contribution is 0.286. The summed E-state index contributed by atoms with van der Waals surface area (Å²) in [5, 5.41) is 0. The number of hydrogen-bond donors (Lipinski definition) is 0. The summed E-state index contributed by atoms with van der Waals surface area (Å²) in [6.07, 6.45) is 12.2. The fraction of sp³-hybridized carbons (Fsp3) is 0.857. The van der Waals surface area contributed by atoms with Gasteiger partial charge in [0.15, 0.2) is 0 Å². The molecule has 88 valence electrons. The van der Waals surface area contributed by atoms with E-state index in [0.717, 1.165) is 0 Å². The van der Waals surface area contributed by atoms with Crippen LogP contribution in [0, 0.1) is 0 Å². The van der Waals surface area contributed by atoms with E-state index in [0.29, 0.717) is 0 Å². The van der Waals surface area contributed by atoms with Gasteiger partial charge in [0, 0.05) is 13.1 Å². The molecule has 0 N–H and O–H groups in total. The van der Waals surface area contributed by atoms with Gasteiger partial charge in [-0.15, -0.1) is 0 Å². The molecule has 1 nitrogen and oxygen atoms in total. The Labute approximate surface area is 95.5 Å². The smallest absolute Gasteiger partial charge is 0.0165 e. The molecule has 0 aromatic carbocycles. The molecule has 0 fully saturated rings. The first-order chi connectivity index (χ1) is 7.33. The van der Waals surface area contributed by atoms with E-state index in [4.69, 9.17) is 0 Å². The lowest BCUT2D eigenvalue weighted by Crippen LogP contribution is -2.29. The normalized spacial score (nSPS) is 17.9. The number of rotatable bonds is 7. The van der Waals surface area contributed by atoms with Crippen LogP contribution in [-0.4, -0.2) is 24.5 Å². The van der Waals surface area contributed by atoms with Crippen LogP contribution in [0.4, 0.5) is 0 Å². The molecular formula is C14H27N. The van der Waals surface area contributed by atoms with E-state index in [1.165, 1.54) is 64.6 Å². The van der Waals surface area contributed by atoms with Crippen LogP contribution in [0.3, 0.4) is 0 Å². The molecule has 0 unspecified atom stereocenters. The zero-order valence-corrected chi connectivity index (χ0v) is 10.6. The van der Waals surface area contributed by atoms with Crippen LogP contribution in [0.25, 0.3) is 0 Å². The van der Waals surface area contributed by atoms with E-state index in [9.17, 15) is 0 Å². The van der Waals surface area contributed by atoms with Crippen molar-refractivity contribution in [2.75, 3.05) is 19.6 Å². The van der Waals surface area contributed by atoms with Gasteiger partial charge in [-0.2, -0.15) is 0 Å². The molecule has 1 rings (SSSR count). The van der Waals surface area contributed by atoms with Gasteiger partial charge in [0.1, 0.15) is 0 Å². The van der Waals surface area contributed by atoms with Crippen molar-refractivity contribution in [3.8, 4) is 0 Å². The fourth-order valence-corrected chi connectivity index (χ4v) is 2.13. The molecule has 1 aliphatic heterocycles. The van der Waals surface area contributed by atoms with Crippen molar-refractivity contribution in [2.24, 2.45) is 0 Å². The zero-order chi connectivity index (χ0) is 10.9. The van der Waals surface area contributed by atoms with Gasteiger partial charge in [-0.25, -0.2) is 0 Å². The van der Waals surface area contributed by atoms with E-state index in [2.05, 4.69) is 24.8 Å². The van der Waals surface area contributed by atoms with Crippen molar-refractivity contribution < 1.29 is 0 Å². The predicted octanol–water partition coefficient (Wildman–Crippen LogP) is 4.00. The largest absolute Gasteiger partial charge is 0.299 e. The second-order valence-corrected chi connectivity index (χ2v) is 4.87. The van der Waals surface area contributed by atoms with Crippen LogP contribution >= 0.6 is 0 Å². The average Bonchev–Trinajstić information content (AvgIpc) is 2.26. The molecule has 0 aliphatic carbocycles. The molecule has 0 amide bonds. The summed E-state index contributed by atoms with van der Waals surface area (Å²) >= 11 is 0. The van der Waals surface area contributed by atoms with E-state index < -0.39 is 0 Å². The molecule has 1 aliphatic rings. The lowest BCUT2D eigenvalue weighted by Gasteiger charge is -2.25. The standard InChI is InChI=1S/C14H27N/c1-3-4-5-6-7-8-11-15-12-9-14(2)10-13-15/h9H,3-8,10-13H2,1-2H3. The summed E-state index contributed by atoms with van der Waals surface area (Å²) in [4.78, 5) is 2.59. The second-order valence-electron chi connectivity index (χ2n) is 4.87. The maximum atomic E-state index is 2.59. The Morgan fingerprint density at radius 3 is 2.53 bits per heavy atom. The maximum Gasteiger partial charge on any atom is 0.0165 e. The monoisotopic (exact) mass is 209 g/mol. The molecule has 0 saturated carbocycles. The fourth-order valence-electron chi connectivity index (χ4n) is 2.13. The molecule has 0 bridgehead atoms. The van der Waals surface area contributed by atoms with Gasteiger partial charge in [0.2, 0.25) is 0 Å². The Hall–Kier alpha value is -0.300. The summed E-state index contributed by atoms with van der Waals surface area (Å²) < 4.78 is 0. The summed E-state index contributed by atoms with van der Waals surface area (Å²) in [7, 11) is 0. The van der Waals surface area contributed by atoms with Gasteiger partial charge < -0.3 is 0 Å². The first-order valence-electron chi connectivity index (χ1n) is 6.71.